The average Bonchev–Trinajstić information content (AvgIpc) is 3.17. The highest BCUT2D eigenvalue weighted by Gasteiger charge is 2.38. The van der Waals surface area contributed by atoms with Gasteiger partial charge in [-0.25, -0.2) is 4.98 Å². The van der Waals surface area contributed by atoms with Gasteiger partial charge in [0, 0.05) is 30.1 Å². The third-order valence-corrected chi connectivity index (χ3v) is 8.18. The lowest BCUT2D eigenvalue weighted by Crippen LogP contribution is -2.50. The van der Waals surface area contributed by atoms with Crippen molar-refractivity contribution in [3.8, 4) is 0 Å². The van der Waals surface area contributed by atoms with Crippen molar-refractivity contribution in [1.82, 2.24) is 15.2 Å². The molecule has 31 heavy (non-hydrogen) atoms. The van der Waals surface area contributed by atoms with Crippen LogP contribution in [0.4, 0.5) is 0 Å². The molecule has 5 rings (SSSR count). The number of fused-ring (bicyclic) bond motifs is 1. The monoisotopic (exact) mass is 433 g/mol. The van der Waals surface area contributed by atoms with Gasteiger partial charge in [-0.3, -0.25) is 9.69 Å². The van der Waals surface area contributed by atoms with Crippen molar-refractivity contribution in [3.63, 3.8) is 0 Å². The Bertz CT molecular complexity index is 1040. The third-order valence-electron chi connectivity index (χ3n) is 7.00. The smallest absolute Gasteiger partial charge is 0.251 e. The number of rotatable bonds is 6. The molecule has 2 aliphatic rings. The van der Waals surface area contributed by atoms with Crippen molar-refractivity contribution in [2.45, 2.75) is 63.5 Å². The molecule has 1 saturated carbocycles. The standard InChI is InChI=1S/C26H31N3OS/c1-18-7-5-6-14-29(18)22-15-21(16-22)26-28-23-11-10-20(17-24(23)31-26)25(30)27-13-12-19-8-3-2-4-9-19/h2-4,8-11,17-18,21-22H,5-7,12-16H2,1H3,(H,27,30)/t18-,21?,22?/m0/s1. The van der Waals surface area contributed by atoms with Crippen molar-refractivity contribution >= 4 is 27.5 Å². The Labute approximate surface area is 188 Å². The number of aromatic nitrogens is 1. The van der Waals surface area contributed by atoms with Crippen LogP contribution in [0.3, 0.4) is 0 Å². The van der Waals surface area contributed by atoms with E-state index < -0.39 is 0 Å². The fraction of sp³-hybridized carbons (Fsp3) is 0.462. The van der Waals surface area contributed by atoms with E-state index in [1.807, 2.05) is 36.4 Å². The summed E-state index contributed by atoms with van der Waals surface area (Å²) in [4.78, 5) is 20.2. The number of hydrogen-bond donors (Lipinski definition) is 1. The van der Waals surface area contributed by atoms with E-state index >= 15 is 0 Å². The Hall–Kier alpha value is -2.24. The quantitative estimate of drug-likeness (QED) is 0.567. The van der Waals surface area contributed by atoms with E-state index in [0.29, 0.717) is 12.5 Å². The molecule has 5 heteroatoms. The van der Waals surface area contributed by atoms with Gasteiger partial charge in [-0.15, -0.1) is 11.3 Å². The Kier molecular flexibility index (Phi) is 6.06. The van der Waals surface area contributed by atoms with Crippen LogP contribution < -0.4 is 5.32 Å². The zero-order valence-corrected chi connectivity index (χ0v) is 19.0. The van der Waals surface area contributed by atoms with Gasteiger partial charge in [-0.2, -0.15) is 0 Å². The number of carbonyl (C=O) groups excluding carboxylic acids is 1. The zero-order chi connectivity index (χ0) is 21.2. The fourth-order valence-electron chi connectivity index (χ4n) is 5.05. The van der Waals surface area contributed by atoms with Crippen LogP contribution in [0.15, 0.2) is 48.5 Å². The zero-order valence-electron chi connectivity index (χ0n) is 18.2. The molecule has 4 nitrogen and oxygen atoms in total. The van der Waals surface area contributed by atoms with Gasteiger partial charge < -0.3 is 5.32 Å². The number of nitrogens with zero attached hydrogens (tertiary/aromatic N) is 2. The van der Waals surface area contributed by atoms with E-state index in [-0.39, 0.29) is 5.91 Å². The van der Waals surface area contributed by atoms with E-state index in [0.717, 1.165) is 34.3 Å². The highest BCUT2D eigenvalue weighted by molar-refractivity contribution is 7.18. The van der Waals surface area contributed by atoms with Crippen LogP contribution >= 0.6 is 11.3 Å². The molecule has 1 aromatic heterocycles. The van der Waals surface area contributed by atoms with Crippen LogP contribution in [0.1, 0.15) is 65.9 Å². The molecule has 1 aliphatic heterocycles. The van der Waals surface area contributed by atoms with Gasteiger partial charge >= 0.3 is 0 Å². The Morgan fingerprint density at radius 3 is 2.81 bits per heavy atom. The van der Waals surface area contributed by atoms with Gasteiger partial charge in [0.15, 0.2) is 0 Å². The minimum atomic E-state index is -0.00410. The van der Waals surface area contributed by atoms with Crippen LogP contribution in [-0.4, -0.2) is 41.0 Å². The van der Waals surface area contributed by atoms with Crippen LogP contribution in [-0.2, 0) is 6.42 Å². The summed E-state index contributed by atoms with van der Waals surface area (Å²) in [5, 5.41) is 4.30. The topological polar surface area (TPSA) is 45.2 Å². The lowest BCUT2D eigenvalue weighted by atomic mass is 9.78. The van der Waals surface area contributed by atoms with Crippen molar-refractivity contribution < 1.29 is 4.79 Å². The number of thiazole rings is 1. The molecule has 1 aliphatic carbocycles. The summed E-state index contributed by atoms with van der Waals surface area (Å²) in [6.45, 7) is 4.30. The number of carbonyl (C=O) groups is 1. The minimum absolute atomic E-state index is 0.00410. The van der Waals surface area contributed by atoms with Crippen LogP contribution in [0.5, 0.6) is 0 Å². The summed E-state index contributed by atoms with van der Waals surface area (Å²) < 4.78 is 1.13. The molecule has 2 fully saturated rings. The van der Waals surface area contributed by atoms with Gasteiger partial charge in [0.1, 0.15) is 0 Å². The molecule has 0 bridgehead atoms. The van der Waals surface area contributed by atoms with Gasteiger partial charge in [0.2, 0.25) is 0 Å². The Morgan fingerprint density at radius 2 is 2.00 bits per heavy atom. The first kappa shape index (κ1) is 20.7. The summed E-state index contributed by atoms with van der Waals surface area (Å²) in [6, 6.07) is 17.6. The number of piperidine rings is 1. The maximum absolute atomic E-state index is 12.6. The molecule has 0 radical (unpaired) electrons. The summed E-state index contributed by atoms with van der Waals surface area (Å²) in [6.07, 6.45) is 7.39. The van der Waals surface area contributed by atoms with Gasteiger partial charge in [-0.1, -0.05) is 36.8 Å². The number of hydrogen-bond acceptors (Lipinski definition) is 4. The molecule has 1 amide bonds. The molecule has 3 aromatic rings. The first-order valence-corrected chi connectivity index (χ1v) is 12.5. The maximum Gasteiger partial charge on any atom is 0.251 e. The second-order valence-electron chi connectivity index (χ2n) is 9.13. The number of nitrogens with one attached hydrogen (secondary N) is 1. The second kappa shape index (κ2) is 9.09. The number of likely N-dealkylation sites (tertiary alicyclic amines) is 1. The molecular weight excluding hydrogens is 402 g/mol. The highest BCUT2D eigenvalue weighted by atomic mass is 32.1. The third kappa shape index (κ3) is 4.53. The van der Waals surface area contributed by atoms with E-state index in [1.165, 1.54) is 49.2 Å². The first-order valence-electron chi connectivity index (χ1n) is 11.7. The van der Waals surface area contributed by atoms with E-state index in [1.54, 1.807) is 11.3 Å². The van der Waals surface area contributed by atoms with E-state index in [2.05, 4.69) is 29.3 Å². The fourth-order valence-corrected chi connectivity index (χ4v) is 6.18. The second-order valence-corrected chi connectivity index (χ2v) is 10.2. The normalized spacial score (nSPS) is 24.1. The molecule has 2 heterocycles. The summed E-state index contributed by atoms with van der Waals surface area (Å²) in [5.41, 5.74) is 2.99. The molecule has 1 atom stereocenters. The van der Waals surface area contributed by atoms with Crippen LogP contribution in [0, 0.1) is 0 Å². The first-order chi connectivity index (χ1) is 15.2. The van der Waals surface area contributed by atoms with Crippen molar-refractivity contribution in [2.75, 3.05) is 13.1 Å². The summed E-state index contributed by atoms with van der Waals surface area (Å²) >= 11 is 1.77. The average molecular weight is 434 g/mol. The summed E-state index contributed by atoms with van der Waals surface area (Å²) in [7, 11) is 0. The predicted octanol–water partition coefficient (Wildman–Crippen LogP) is 5.39. The maximum atomic E-state index is 12.6. The SMILES string of the molecule is C[C@H]1CCCCN1C1CC(c2nc3ccc(C(=O)NCCc4ccccc4)cc3s2)C1. The highest BCUT2D eigenvalue weighted by Crippen LogP contribution is 2.44. The number of benzene rings is 2. The van der Waals surface area contributed by atoms with Gasteiger partial charge in [-0.05, 0) is 69.3 Å². The Balaban J connectivity index is 1.19. The van der Waals surface area contributed by atoms with Gasteiger partial charge in [0.05, 0.1) is 15.2 Å². The lowest BCUT2D eigenvalue weighted by Gasteiger charge is -2.47. The molecule has 162 valence electrons. The molecular formula is C26H31N3OS. The summed E-state index contributed by atoms with van der Waals surface area (Å²) in [5.74, 6) is 0.579. The largest absolute Gasteiger partial charge is 0.352 e. The molecule has 0 unspecified atom stereocenters. The van der Waals surface area contributed by atoms with Crippen molar-refractivity contribution in [2.24, 2.45) is 0 Å². The minimum Gasteiger partial charge on any atom is -0.352 e. The molecule has 1 saturated heterocycles. The lowest BCUT2D eigenvalue weighted by molar-refractivity contribution is 0.0480. The molecule has 2 aromatic carbocycles. The van der Waals surface area contributed by atoms with Crippen LogP contribution in [0.2, 0.25) is 0 Å². The van der Waals surface area contributed by atoms with Gasteiger partial charge in [0.25, 0.3) is 5.91 Å². The van der Waals surface area contributed by atoms with Crippen LogP contribution in [0.25, 0.3) is 10.2 Å². The molecule has 1 N–H and O–H groups in total. The van der Waals surface area contributed by atoms with E-state index in [9.17, 15) is 4.79 Å². The van der Waals surface area contributed by atoms with Crippen molar-refractivity contribution in [1.29, 1.82) is 0 Å². The molecule has 0 spiro atoms. The Morgan fingerprint density at radius 1 is 1.16 bits per heavy atom. The van der Waals surface area contributed by atoms with Crippen molar-refractivity contribution in [3.05, 3.63) is 64.7 Å². The number of amides is 1. The predicted molar refractivity (Wildman–Crippen MR) is 128 cm³/mol. The van der Waals surface area contributed by atoms with E-state index in [4.69, 9.17) is 4.98 Å².